The molecule has 1 saturated carbocycles. The van der Waals surface area contributed by atoms with Crippen LogP contribution in [0.3, 0.4) is 0 Å². The van der Waals surface area contributed by atoms with Gasteiger partial charge in [0.1, 0.15) is 5.54 Å². The molecule has 110 valence electrons. The highest BCUT2D eigenvalue weighted by Gasteiger charge is 2.45. The first-order chi connectivity index (χ1) is 9.13. The maximum Gasteiger partial charge on any atom is 0.326 e. The van der Waals surface area contributed by atoms with Gasteiger partial charge in [-0.2, -0.15) is 0 Å². The summed E-state index contributed by atoms with van der Waals surface area (Å²) in [4.78, 5) is 14.9. The Balaban J connectivity index is 2.07. The van der Waals surface area contributed by atoms with Gasteiger partial charge in [0.05, 0.1) is 6.61 Å². The first kappa shape index (κ1) is 14.8. The quantitative estimate of drug-likeness (QED) is 0.791. The second kappa shape index (κ2) is 6.23. The van der Waals surface area contributed by atoms with Gasteiger partial charge in [-0.25, -0.2) is 0 Å². The Labute approximate surface area is 116 Å². The molecule has 0 amide bonds. The summed E-state index contributed by atoms with van der Waals surface area (Å²) < 4.78 is 5.29. The third kappa shape index (κ3) is 2.95. The van der Waals surface area contributed by atoms with Crippen LogP contribution in [0.25, 0.3) is 0 Å². The maximum atomic E-state index is 12.3. The number of likely N-dealkylation sites (N-methyl/N-ethyl adjacent to an activating group) is 1. The number of carbonyl (C=O) groups is 1. The highest BCUT2D eigenvalue weighted by Crippen LogP contribution is 2.35. The van der Waals surface area contributed by atoms with Crippen molar-refractivity contribution in [2.24, 2.45) is 0 Å². The van der Waals surface area contributed by atoms with Crippen LogP contribution in [0.4, 0.5) is 0 Å². The molecule has 3 atom stereocenters. The van der Waals surface area contributed by atoms with Gasteiger partial charge in [0.15, 0.2) is 0 Å². The van der Waals surface area contributed by atoms with Gasteiger partial charge in [-0.3, -0.25) is 9.69 Å². The summed E-state index contributed by atoms with van der Waals surface area (Å²) in [6, 6.07) is 1.20. The Morgan fingerprint density at radius 1 is 1.42 bits per heavy atom. The summed E-state index contributed by atoms with van der Waals surface area (Å²) in [5, 5.41) is 3.27. The number of esters is 1. The molecule has 0 bridgehead atoms. The lowest BCUT2D eigenvalue weighted by Gasteiger charge is -2.43. The van der Waals surface area contributed by atoms with E-state index in [9.17, 15) is 4.79 Å². The molecule has 0 spiro atoms. The van der Waals surface area contributed by atoms with E-state index in [0.717, 1.165) is 19.3 Å². The van der Waals surface area contributed by atoms with Crippen molar-refractivity contribution >= 4 is 5.97 Å². The number of rotatable bonds is 4. The molecule has 1 heterocycles. The van der Waals surface area contributed by atoms with Crippen molar-refractivity contribution in [1.82, 2.24) is 10.2 Å². The monoisotopic (exact) mass is 268 g/mol. The highest BCUT2D eigenvalue weighted by atomic mass is 16.5. The van der Waals surface area contributed by atoms with Crippen LogP contribution >= 0.6 is 0 Å². The lowest BCUT2D eigenvalue weighted by atomic mass is 9.78. The molecule has 2 aliphatic rings. The lowest BCUT2D eigenvalue weighted by molar-refractivity contribution is -0.153. The van der Waals surface area contributed by atoms with Gasteiger partial charge in [-0.1, -0.05) is 0 Å². The summed E-state index contributed by atoms with van der Waals surface area (Å²) in [5.74, 6) is -0.0611. The van der Waals surface area contributed by atoms with Crippen molar-refractivity contribution in [2.75, 3.05) is 20.2 Å². The summed E-state index contributed by atoms with van der Waals surface area (Å²) >= 11 is 0. The van der Waals surface area contributed by atoms with E-state index in [2.05, 4.69) is 17.1 Å². The van der Waals surface area contributed by atoms with Crippen LogP contribution in [0.5, 0.6) is 0 Å². The summed E-state index contributed by atoms with van der Waals surface area (Å²) in [7, 11) is 1.90. The Bertz CT molecular complexity index is 321. The van der Waals surface area contributed by atoms with Crippen molar-refractivity contribution in [3.8, 4) is 0 Å². The van der Waals surface area contributed by atoms with Gasteiger partial charge in [-0.05, 0) is 66.0 Å². The number of hydrogen-bond acceptors (Lipinski definition) is 4. The Morgan fingerprint density at radius 2 is 2.21 bits per heavy atom. The molecular formula is C15H28N2O2. The predicted molar refractivity (Wildman–Crippen MR) is 76.1 cm³/mol. The average Bonchev–Trinajstić information content (AvgIpc) is 2.85. The van der Waals surface area contributed by atoms with E-state index >= 15 is 0 Å². The van der Waals surface area contributed by atoms with Crippen LogP contribution in [0.15, 0.2) is 0 Å². The normalized spacial score (nSPS) is 36.4. The minimum atomic E-state index is -0.457. The van der Waals surface area contributed by atoms with Crippen LogP contribution in [-0.4, -0.2) is 48.7 Å². The molecular weight excluding hydrogens is 240 g/mol. The zero-order valence-electron chi connectivity index (χ0n) is 12.6. The molecule has 2 fully saturated rings. The molecule has 4 nitrogen and oxygen atoms in total. The number of nitrogens with zero attached hydrogens (tertiary/aromatic N) is 1. The van der Waals surface area contributed by atoms with Crippen molar-refractivity contribution in [3.05, 3.63) is 0 Å². The SMILES string of the molecule is CCOC(=O)C1(NC)CCCC(N2CCCC2C)C1. The number of ether oxygens (including phenoxy) is 1. The molecule has 0 aromatic rings. The smallest absolute Gasteiger partial charge is 0.326 e. The molecule has 2 rings (SSSR count). The van der Waals surface area contributed by atoms with E-state index in [0.29, 0.717) is 18.7 Å². The van der Waals surface area contributed by atoms with Gasteiger partial charge in [-0.15, -0.1) is 0 Å². The van der Waals surface area contributed by atoms with Crippen molar-refractivity contribution in [3.63, 3.8) is 0 Å². The van der Waals surface area contributed by atoms with Gasteiger partial charge >= 0.3 is 5.97 Å². The van der Waals surface area contributed by atoms with Crippen LogP contribution in [0.2, 0.25) is 0 Å². The molecule has 1 saturated heterocycles. The molecule has 0 aromatic heterocycles. The average molecular weight is 268 g/mol. The van der Waals surface area contributed by atoms with Crippen molar-refractivity contribution in [1.29, 1.82) is 0 Å². The summed E-state index contributed by atoms with van der Waals surface area (Å²) in [6.07, 6.45) is 6.71. The fourth-order valence-electron chi connectivity index (χ4n) is 3.81. The molecule has 19 heavy (non-hydrogen) atoms. The molecule has 0 aromatic carbocycles. The highest BCUT2D eigenvalue weighted by molar-refractivity contribution is 5.81. The largest absolute Gasteiger partial charge is 0.465 e. The minimum Gasteiger partial charge on any atom is -0.465 e. The molecule has 4 heteroatoms. The van der Waals surface area contributed by atoms with E-state index in [1.165, 1.54) is 25.8 Å². The van der Waals surface area contributed by atoms with E-state index in [1.54, 1.807) is 0 Å². The molecule has 0 radical (unpaired) electrons. The lowest BCUT2D eigenvalue weighted by Crippen LogP contribution is -2.58. The van der Waals surface area contributed by atoms with Crippen molar-refractivity contribution < 1.29 is 9.53 Å². The molecule has 1 aliphatic carbocycles. The second-order valence-electron chi connectivity index (χ2n) is 6.03. The number of carbonyl (C=O) groups excluding carboxylic acids is 1. The van der Waals surface area contributed by atoms with E-state index < -0.39 is 5.54 Å². The number of likely N-dealkylation sites (tertiary alicyclic amines) is 1. The standard InChI is InChI=1S/C15H28N2O2/c1-4-19-14(18)15(16-3)9-5-8-13(11-15)17-10-6-7-12(17)2/h12-13,16H,4-11H2,1-3H3. The third-order valence-corrected chi connectivity index (χ3v) is 4.94. The topological polar surface area (TPSA) is 41.6 Å². The van der Waals surface area contributed by atoms with Crippen LogP contribution in [0, 0.1) is 0 Å². The zero-order chi connectivity index (χ0) is 13.9. The van der Waals surface area contributed by atoms with Gasteiger partial charge in [0, 0.05) is 12.1 Å². The van der Waals surface area contributed by atoms with E-state index in [-0.39, 0.29) is 5.97 Å². The number of nitrogens with one attached hydrogen (secondary N) is 1. The molecule has 1 N–H and O–H groups in total. The fourth-order valence-corrected chi connectivity index (χ4v) is 3.81. The third-order valence-electron chi connectivity index (χ3n) is 4.94. The second-order valence-corrected chi connectivity index (χ2v) is 6.03. The van der Waals surface area contributed by atoms with Gasteiger partial charge < -0.3 is 10.1 Å². The van der Waals surface area contributed by atoms with Crippen LogP contribution in [-0.2, 0) is 9.53 Å². The molecule has 3 unspecified atom stereocenters. The number of hydrogen-bond donors (Lipinski definition) is 1. The van der Waals surface area contributed by atoms with Gasteiger partial charge in [0.2, 0.25) is 0 Å². The van der Waals surface area contributed by atoms with Gasteiger partial charge in [0.25, 0.3) is 0 Å². The first-order valence-corrected chi connectivity index (χ1v) is 7.75. The molecule has 1 aliphatic heterocycles. The minimum absolute atomic E-state index is 0.0611. The van der Waals surface area contributed by atoms with Crippen molar-refractivity contribution in [2.45, 2.75) is 70.0 Å². The first-order valence-electron chi connectivity index (χ1n) is 7.75. The maximum absolute atomic E-state index is 12.3. The summed E-state index contributed by atoms with van der Waals surface area (Å²) in [6.45, 7) is 5.85. The van der Waals surface area contributed by atoms with E-state index in [1.807, 2.05) is 14.0 Å². The Hall–Kier alpha value is -0.610. The fraction of sp³-hybridized carbons (Fsp3) is 0.933. The zero-order valence-corrected chi connectivity index (χ0v) is 12.6. The Kier molecular flexibility index (Phi) is 4.85. The van der Waals surface area contributed by atoms with Crippen LogP contribution < -0.4 is 5.32 Å². The summed E-state index contributed by atoms with van der Waals surface area (Å²) in [5.41, 5.74) is -0.457. The van der Waals surface area contributed by atoms with Crippen LogP contribution in [0.1, 0.15) is 52.4 Å². The predicted octanol–water partition coefficient (Wildman–Crippen LogP) is 1.93. The Morgan fingerprint density at radius 3 is 2.79 bits per heavy atom. The van der Waals surface area contributed by atoms with E-state index in [4.69, 9.17) is 4.74 Å².